The van der Waals surface area contributed by atoms with Crippen molar-refractivity contribution >= 4 is 56.6 Å². The number of rotatable bonds is 10. The van der Waals surface area contributed by atoms with E-state index in [1.165, 1.54) is 22.7 Å². The molecule has 1 aliphatic rings. The average molecular weight is 698 g/mol. The number of halogens is 1. The molecular formula is C32H29BrN2O7S2. The molecule has 0 amide bonds. The molecule has 0 saturated carbocycles. The Labute approximate surface area is 269 Å². The lowest BCUT2D eigenvalue weighted by Crippen LogP contribution is -2.39. The Kier molecular flexibility index (Phi) is 9.82. The van der Waals surface area contributed by atoms with E-state index in [4.69, 9.17) is 18.9 Å². The number of esters is 2. The number of aromatic nitrogens is 1. The van der Waals surface area contributed by atoms with Crippen LogP contribution in [0.15, 0.2) is 79.4 Å². The number of benzene rings is 2. The van der Waals surface area contributed by atoms with Crippen LogP contribution in [0.5, 0.6) is 11.5 Å². The highest BCUT2D eigenvalue weighted by Gasteiger charge is 2.33. The van der Waals surface area contributed by atoms with Crippen LogP contribution in [0.3, 0.4) is 0 Å². The lowest BCUT2D eigenvalue weighted by molar-refractivity contribution is -0.139. The molecule has 1 aliphatic heterocycles. The standard InChI is InChI=1S/C32H29BrN2O7S2/c1-5-40-30(37)21-11-9-19(10-12-21)17-42-28-22(33)14-20(15-23(28)39-4)16-25-29(36)35-27(24-8-7-13-43-24)26(31(38)41-6-2)18(3)34-32(35)44-25/h7-16,27H,5-6,17H2,1-4H3/b25-16-/t27-/m1/s1. The van der Waals surface area contributed by atoms with Crippen LogP contribution in [0.25, 0.3) is 6.08 Å². The summed E-state index contributed by atoms with van der Waals surface area (Å²) in [6, 6.07) is 13.8. The van der Waals surface area contributed by atoms with Gasteiger partial charge in [0.1, 0.15) is 12.6 Å². The van der Waals surface area contributed by atoms with E-state index in [2.05, 4.69) is 20.9 Å². The SMILES string of the molecule is CCOC(=O)C1=C(C)N=c2s/c(=C\c3cc(Br)c(OCc4ccc(C(=O)OCC)cc4)c(OC)c3)c(=O)n2[C@@H]1c1cccs1. The number of nitrogens with zero attached hydrogens (tertiary/aromatic N) is 2. The highest BCUT2D eigenvalue weighted by Crippen LogP contribution is 2.38. The molecule has 0 bridgehead atoms. The maximum Gasteiger partial charge on any atom is 0.338 e. The number of allylic oxidation sites excluding steroid dienone is 1. The van der Waals surface area contributed by atoms with Crippen molar-refractivity contribution in [2.75, 3.05) is 20.3 Å². The summed E-state index contributed by atoms with van der Waals surface area (Å²) in [5.41, 5.74) is 2.65. The molecule has 5 rings (SSSR count). The molecule has 44 heavy (non-hydrogen) atoms. The maximum absolute atomic E-state index is 13.8. The fourth-order valence-electron chi connectivity index (χ4n) is 4.73. The molecule has 9 nitrogen and oxygen atoms in total. The molecule has 0 aliphatic carbocycles. The second kappa shape index (κ2) is 13.7. The van der Waals surface area contributed by atoms with E-state index in [0.717, 1.165) is 10.4 Å². The number of hydrogen-bond donors (Lipinski definition) is 0. The lowest BCUT2D eigenvalue weighted by atomic mass is 10.0. The molecule has 3 heterocycles. The van der Waals surface area contributed by atoms with Gasteiger partial charge in [0.25, 0.3) is 5.56 Å². The molecule has 1 atom stereocenters. The van der Waals surface area contributed by atoms with Gasteiger partial charge in [-0.05, 0) is 89.6 Å². The minimum Gasteiger partial charge on any atom is -0.493 e. The molecule has 0 N–H and O–H groups in total. The van der Waals surface area contributed by atoms with Gasteiger partial charge in [-0.2, -0.15) is 0 Å². The molecule has 0 radical (unpaired) electrons. The number of ether oxygens (including phenoxy) is 4. The van der Waals surface area contributed by atoms with E-state index in [1.54, 1.807) is 68.9 Å². The Morgan fingerprint density at radius 3 is 2.45 bits per heavy atom. The molecule has 0 unspecified atom stereocenters. The molecular weight excluding hydrogens is 668 g/mol. The van der Waals surface area contributed by atoms with E-state index >= 15 is 0 Å². The first-order valence-corrected chi connectivity index (χ1v) is 16.2. The van der Waals surface area contributed by atoms with Gasteiger partial charge in [0.15, 0.2) is 16.3 Å². The number of methoxy groups -OCH3 is 1. The smallest absolute Gasteiger partial charge is 0.338 e. The number of fused-ring (bicyclic) bond motifs is 1. The molecule has 4 aromatic rings. The fraction of sp³-hybridized carbons (Fsp3) is 0.250. The molecule has 0 saturated heterocycles. The van der Waals surface area contributed by atoms with Crippen molar-refractivity contribution < 1.29 is 28.5 Å². The molecule has 2 aromatic carbocycles. The second-order valence-corrected chi connectivity index (χ2v) is 12.4. The van der Waals surface area contributed by atoms with Crippen molar-refractivity contribution in [2.45, 2.75) is 33.4 Å². The quantitative estimate of drug-likeness (QED) is 0.205. The van der Waals surface area contributed by atoms with Gasteiger partial charge in [0.2, 0.25) is 0 Å². The first-order valence-electron chi connectivity index (χ1n) is 13.7. The van der Waals surface area contributed by atoms with Crippen LogP contribution in [0, 0.1) is 0 Å². The monoisotopic (exact) mass is 696 g/mol. The van der Waals surface area contributed by atoms with Gasteiger partial charge in [0.05, 0.1) is 46.2 Å². The van der Waals surface area contributed by atoms with Gasteiger partial charge < -0.3 is 18.9 Å². The zero-order valence-corrected chi connectivity index (χ0v) is 27.6. The molecule has 0 spiro atoms. The average Bonchev–Trinajstić information content (AvgIpc) is 3.64. The molecule has 0 fully saturated rings. The predicted molar refractivity (Wildman–Crippen MR) is 172 cm³/mol. The summed E-state index contributed by atoms with van der Waals surface area (Å²) in [4.78, 5) is 44.7. The normalized spacial score (nSPS) is 14.6. The first-order chi connectivity index (χ1) is 21.2. The third-order valence-electron chi connectivity index (χ3n) is 6.73. The Hall–Kier alpha value is -4.00. The molecule has 228 valence electrons. The molecule has 12 heteroatoms. The van der Waals surface area contributed by atoms with Gasteiger partial charge in [-0.1, -0.05) is 29.5 Å². The van der Waals surface area contributed by atoms with Crippen LogP contribution in [-0.2, 0) is 20.9 Å². The van der Waals surface area contributed by atoms with E-state index in [1.807, 2.05) is 23.6 Å². The summed E-state index contributed by atoms with van der Waals surface area (Å²) in [6.07, 6.45) is 1.77. The second-order valence-electron chi connectivity index (χ2n) is 9.56. The summed E-state index contributed by atoms with van der Waals surface area (Å²) in [6.45, 7) is 6.04. The predicted octanol–water partition coefficient (Wildman–Crippen LogP) is 5.39. The van der Waals surface area contributed by atoms with Gasteiger partial charge >= 0.3 is 11.9 Å². The number of carbonyl (C=O) groups is 2. The van der Waals surface area contributed by atoms with Gasteiger partial charge in [-0.15, -0.1) is 11.3 Å². The van der Waals surface area contributed by atoms with Crippen molar-refractivity contribution in [1.29, 1.82) is 0 Å². The Bertz CT molecular complexity index is 1910. The first kappa shape index (κ1) is 31.4. The maximum atomic E-state index is 13.8. The van der Waals surface area contributed by atoms with Crippen LogP contribution in [0.2, 0.25) is 0 Å². The third-order valence-corrected chi connectivity index (χ3v) is 9.22. The zero-order valence-electron chi connectivity index (χ0n) is 24.4. The van der Waals surface area contributed by atoms with Crippen molar-refractivity contribution in [3.05, 3.63) is 111 Å². The minimum absolute atomic E-state index is 0.218. The van der Waals surface area contributed by atoms with E-state index in [0.29, 0.717) is 54.3 Å². The van der Waals surface area contributed by atoms with Gasteiger partial charge in [-0.25, -0.2) is 14.6 Å². The largest absolute Gasteiger partial charge is 0.493 e. The van der Waals surface area contributed by atoms with Crippen LogP contribution >= 0.6 is 38.6 Å². The summed E-state index contributed by atoms with van der Waals surface area (Å²) in [7, 11) is 1.54. The zero-order chi connectivity index (χ0) is 31.4. The summed E-state index contributed by atoms with van der Waals surface area (Å²) in [5, 5.41) is 1.91. The van der Waals surface area contributed by atoms with Crippen molar-refractivity contribution in [1.82, 2.24) is 4.57 Å². The summed E-state index contributed by atoms with van der Waals surface area (Å²) < 4.78 is 24.7. The van der Waals surface area contributed by atoms with Crippen LogP contribution < -0.4 is 24.4 Å². The van der Waals surface area contributed by atoms with Gasteiger partial charge in [-0.3, -0.25) is 9.36 Å². The Balaban J connectivity index is 1.47. The molecule has 2 aromatic heterocycles. The van der Waals surface area contributed by atoms with Crippen molar-refractivity contribution in [3.63, 3.8) is 0 Å². The minimum atomic E-state index is -0.629. The van der Waals surface area contributed by atoms with Crippen LogP contribution in [0.4, 0.5) is 0 Å². The van der Waals surface area contributed by atoms with Gasteiger partial charge in [0, 0.05) is 4.88 Å². The topological polar surface area (TPSA) is 105 Å². The highest BCUT2D eigenvalue weighted by atomic mass is 79.9. The van der Waals surface area contributed by atoms with Crippen molar-refractivity contribution in [2.24, 2.45) is 4.99 Å². The Morgan fingerprint density at radius 1 is 1.07 bits per heavy atom. The van der Waals surface area contributed by atoms with E-state index in [9.17, 15) is 14.4 Å². The highest BCUT2D eigenvalue weighted by molar-refractivity contribution is 9.10. The number of hydrogen-bond acceptors (Lipinski definition) is 10. The van der Waals surface area contributed by atoms with Crippen molar-refractivity contribution in [3.8, 4) is 11.5 Å². The third kappa shape index (κ3) is 6.42. The Morgan fingerprint density at radius 2 is 1.80 bits per heavy atom. The van der Waals surface area contributed by atoms with Crippen LogP contribution in [-0.4, -0.2) is 36.8 Å². The van der Waals surface area contributed by atoms with E-state index in [-0.39, 0.29) is 24.7 Å². The number of thiophene rings is 1. The summed E-state index contributed by atoms with van der Waals surface area (Å²) >= 11 is 6.31. The number of carbonyl (C=O) groups excluding carboxylic acids is 2. The van der Waals surface area contributed by atoms with Crippen LogP contribution in [0.1, 0.15) is 53.2 Å². The fourth-order valence-corrected chi connectivity index (χ4v) is 7.17. The van der Waals surface area contributed by atoms with E-state index < -0.39 is 12.0 Å². The lowest BCUT2D eigenvalue weighted by Gasteiger charge is -2.23. The number of thiazole rings is 1. The summed E-state index contributed by atoms with van der Waals surface area (Å²) in [5.74, 6) is 0.107.